The van der Waals surface area contributed by atoms with Gasteiger partial charge >= 0.3 is 0 Å². The van der Waals surface area contributed by atoms with E-state index in [2.05, 4.69) is 15.0 Å². The van der Waals surface area contributed by atoms with Crippen molar-refractivity contribution < 1.29 is 9.53 Å². The molecule has 0 bridgehead atoms. The number of rotatable bonds is 4. The molecule has 0 aliphatic carbocycles. The van der Waals surface area contributed by atoms with Crippen LogP contribution in [0.4, 0.5) is 0 Å². The van der Waals surface area contributed by atoms with E-state index >= 15 is 0 Å². The van der Waals surface area contributed by atoms with Gasteiger partial charge in [0, 0.05) is 31.2 Å². The van der Waals surface area contributed by atoms with E-state index in [0.29, 0.717) is 17.3 Å². The lowest BCUT2D eigenvalue weighted by atomic mass is 10.1. The second kappa shape index (κ2) is 7.25. The molecule has 1 fully saturated rings. The molecule has 134 valence electrons. The van der Waals surface area contributed by atoms with Crippen LogP contribution in [0.25, 0.3) is 5.13 Å². The van der Waals surface area contributed by atoms with Gasteiger partial charge in [-0.1, -0.05) is 11.3 Å². The first kappa shape index (κ1) is 16.7. The third kappa shape index (κ3) is 3.45. The summed E-state index contributed by atoms with van der Waals surface area (Å²) in [7, 11) is 0. The zero-order chi connectivity index (χ0) is 17.9. The number of aryl methyl sites for hydroxylation is 1. The lowest BCUT2D eigenvalue weighted by molar-refractivity contribution is 0.0531. The number of hydrogen-bond acceptors (Lipinski definition) is 6. The lowest BCUT2D eigenvalue weighted by Gasteiger charge is -2.32. The van der Waals surface area contributed by atoms with Crippen LogP contribution in [0.3, 0.4) is 0 Å². The molecular formula is C18H19N5O2S. The third-order valence-electron chi connectivity index (χ3n) is 4.31. The summed E-state index contributed by atoms with van der Waals surface area (Å²) in [5.74, 6) is 0.567. The lowest BCUT2D eigenvalue weighted by Crippen LogP contribution is -2.44. The van der Waals surface area contributed by atoms with Crippen LogP contribution >= 0.6 is 11.3 Å². The monoisotopic (exact) mass is 369 g/mol. The minimum atomic E-state index is -0.0558. The Morgan fingerprint density at radius 2 is 2.19 bits per heavy atom. The first-order valence-electron chi connectivity index (χ1n) is 8.53. The third-order valence-corrected chi connectivity index (χ3v) is 5.47. The molecule has 4 heterocycles. The second-order valence-electron chi connectivity index (χ2n) is 6.18. The van der Waals surface area contributed by atoms with Gasteiger partial charge in [-0.2, -0.15) is 0 Å². The Kier molecular flexibility index (Phi) is 4.66. The highest BCUT2D eigenvalue weighted by Crippen LogP contribution is 2.25. The zero-order valence-corrected chi connectivity index (χ0v) is 15.2. The van der Waals surface area contributed by atoms with Gasteiger partial charge in [-0.25, -0.2) is 15.0 Å². The normalized spacial score (nSPS) is 17.3. The number of carbonyl (C=O) groups excluding carboxylic acids is 1. The first-order valence-corrected chi connectivity index (χ1v) is 9.35. The van der Waals surface area contributed by atoms with E-state index in [1.54, 1.807) is 12.3 Å². The number of hydrogen-bond donors (Lipinski definition) is 0. The van der Waals surface area contributed by atoms with Gasteiger partial charge in [0.15, 0.2) is 5.13 Å². The minimum absolute atomic E-state index is 0.0226. The standard InChI is InChI=1S/C18H19N5O2S/c1-13-16(26-18(21-13)22-8-2-3-9-22)17(24)23-10-4-5-14(11-23)25-15-6-7-19-12-20-15/h2-3,6-9,12,14H,4-5,10-11H2,1H3. The van der Waals surface area contributed by atoms with Crippen molar-refractivity contribution in [3.05, 3.63) is 53.7 Å². The Balaban J connectivity index is 1.47. The number of amides is 1. The van der Waals surface area contributed by atoms with Crippen molar-refractivity contribution >= 4 is 17.2 Å². The zero-order valence-electron chi connectivity index (χ0n) is 14.4. The summed E-state index contributed by atoms with van der Waals surface area (Å²) in [4.78, 5) is 28.1. The highest BCUT2D eigenvalue weighted by Gasteiger charge is 2.28. The van der Waals surface area contributed by atoms with E-state index in [1.165, 1.54) is 17.7 Å². The van der Waals surface area contributed by atoms with Gasteiger partial charge in [-0.05, 0) is 31.9 Å². The molecule has 4 rings (SSSR count). The molecule has 0 radical (unpaired) electrons. The molecular weight excluding hydrogens is 350 g/mol. The number of piperidine rings is 1. The molecule has 1 unspecified atom stereocenters. The number of carbonyl (C=O) groups is 1. The summed E-state index contributed by atoms with van der Waals surface area (Å²) >= 11 is 1.42. The molecule has 3 aromatic heterocycles. The average Bonchev–Trinajstić information content (AvgIpc) is 3.32. The van der Waals surface area contributed by atoms with Crippen molar-refractivity contribution in [1.29, 1.82) is 0 Å². The predicted molar refractivity (Wildman–Crippen MR) is 97.8 cm³/mol. The number of aromatic nitrogens is 4. The number of likely N-dealkylation sites (tertiary alicyclic amines) is 1. The van der Waals surface area contributed by atoms with Crippen LogP contribution in [-0.2, 0) is 0 Å². The Morgan fingerprint density at radius 1 is 1.35 bits per heavy atom. The van der Waals surface area contributed by atoms with Crippen LogP contribution in [-0.4, -0.2) is 49.5 Å². The molecule has 1 aliphatic heterocycles. The van der Waals surface area contributed by atoms with E-state index < -0.39 is 0 Å². The van der Waals surface area contributed by atoms with Crippen molar-refractivity contribution in [3.8, 4) is 11.0 Å². The molecule has 1 saturated heterocycles. The number of nitrogens with zero attached hydrogens (tertiary/aromatic N) is 5. The van der Waals surface area contributed by atoms with Gasteiger partial charge in [0.05, 0.1) is 12.2 Å². The number of ether oxygens (including phenoxy) is 1. The van der Waals surface area contributed by atoms with Gasteiger partial charge in [-0.15, -0.1) is 0 Å². The van der Waals surface area contributed by atoms with E-state index in [4.69, 9.17) is 4.74 Å². The summed E-state index contributed by atoms with van der Waals surface area (Å²) in [6, 6.07) is 5.62. The summed E-state index contributed by atoms with van der Waals surface area (Å²) in [5, 5.41) is 0.807. The van der Waals surface area contributed by atoms with Crippen molar-refractivity contribution in [2.75, 3.05) is 13.1 Å². The summed E-state index contributed by atoms with van der Waals surface area (Å²) < 4.78 is 7.83. The van der Waals surface area contributed by atoms with Gasteiger partial charge in [0.25, 0.3) is 5.91 Å². The minimum Gasteiger partial charge on any atom is -0.472 e. The summed E-state index contributed by atoms with van der Waals surface area (Å²) in [6.45, 7) is 3.17. The van der Waals surface area contributed by atoms with Gasteiger partial charge in [-0.3, -0.25) is 4.79 Å². The van der Waals surface area contributed by atoms with Crippen molar-refractivity contribution in [2.24, 2.45) is 0 Å². The quantitative estimate of drug-likeness (QED) is 0.707. The smallest absolute Gasteiger partial charge is 0.266 e. The molecule has 1 atom stereocenters. The second-order valence-corrected chi connectivity index (χ2v) is 7.16. The SMILES string of the molecule is Cc1nc(-n2cccc2)sc1C(=O)N1CCCC(Oc2ccncn2)C1. The predicted octanol–water partition coefficient (Wildman–Crippen LogP) is 2.72. The topological polar surface area (TPSA) is 73.1 Å². The molecule has 3 aromatic rings. The van der Waals surface area contributed by atoms with Crippen LogP contribution in [0.1, 0.15) is 28.2 Å². The van der Waals surface area contributed by atoms with Gasteiger partial charge in [0.1, 0.15) is 17.3 Å². The maximum absolute atomic E-state index is 13.0. The largest absolute Gasteiger partial charge is 0.472 e. The van der Waals surface area contributed by atoms with Crippen molar-refractivity contribution in [2.45, 2.75) is 25.9 Å². The maximum Gasteiger partial charge on any atom is 0.266 e. The molecule has 1 aliphatic rings. The fourth-order valence-electron chi connectivity index (χ4n) is 3.03. The highest BCUT2D eigenvalue weighted by molar-refractivity contribution is 7.16. The van der Waals surface area contributed by atoms with Crippen LogP contribution in [0.2, 0.25) is 0 Å². The molecule has 8 heteroatoms. The Morgan fingerprint density at radius 3 is 2.96 bits per heavy atom. The van der Waals surface area contributed by atoms with E-state index in [1.807, 2.05) is 40.9 Å². The van der Waals surface area contributed by atoms with Crippen molar-refractivity contribution in [3.63, 3.8) is 0 Å². The van der Waals surface area contributed by atoms with Crippen LogP contribution in [0, 0.1) is 6.92 Å². The van der Waals surface area contributed by atoms with Gasteiger partial charge < -0.3 is 14.2 Å². The summed E-state index contributed by atoms with van der Waals surface area (Å²) in [6.07, 6.45) is 8.73. The first-order chi connectivity index (χ1) is 12.7. The Bertz CT molecular complexity index is 878. The van der Waals surface area contributed by atoms with E-state index in [9.17, 15) is 4.79 Å². The van der Waals surface area contributed by atoms with Crippen LogP contribution in [0.15, 0.2) is 43.1 Å². The van der Waals surface area contributed by atoms with Crippen LogP contribution in [0.5, 0.6) is 5.88 Å². The maximum atomic E-state index is 13.0. The molecule has 0 spiro atoms. The molecule has 0 saturated carbocycles. The van der Waals surface area contributed by atoms with E-state index in [0.717, 1.165) is 30.2 Å². The van der Waals surface area contributed by atoms with E-state index in [-0.39, 0.29) is 12.0 Å². The molecule has 0 aromatic carbocycles. The Labute approximate surface area is 155 Å². The fraction of sp³-hybridized carbons (Fsp3) is 0.333. The molecule has 7 nitrogen and oxygen atoms in total. The molecule has 26 heavy (non-hydrogen) atoms. The highest BCUT2D eigenvalue weighted by atomic mass is 32.1. The molecule has 1 amide bonds. The van der Waals surface area contributed by atoms with Crippen molar-refractivity contribution in [1.82, 2.24) is 24.4 Å². The van der Waals surface area contributed by atoms with Crippen LogP contribution < -0.4 is 4.74 Å². The molecule has 0 N–H and O–H groups in total. The fourth-order valence-corrected chi connectivity index (χ4v) is 4.04. The Hall–Kier alpha value is -2.74. The van der Waals surface area contributed by atoms with Gasteiger partial charge in [0.2, 0.25) is 5.88 Å². The summed E-state index contributed by atoms with van der Waals surface area (Å²) in [5.41, 5.74) is 0.766. The number of thiazole rings is 1. The average molecular weight is 369 g/mol.